The van der Waals surface area contributed by atoms with Crippen molar-refractivity contribution < 1.29 is 18.3 Å². The van der Waals surface area contributed by atoms with E-state index in [0.717, 1.165) is 12.0 Å². The van der Waals surface area contributed by atoms with Crippen molar-refractivity contribution in [1.29, 1.82) is 0 Å². The maximum atomic E-state index is 11.1. The molecule has 0 aromatic heterocycles. The summed E-state index contributed by atoms with van der Waals surface area (Å²) >= 11 is 0. The average Bonchev–Trinajstić information content (AvgIpc) is 2.54. The second-order valence-corrected chi connectivity index (χ2v) is 7.13. The van der Waals surface area contributed by atoms with E-state index in [-0.39, 0.29) is 29.6 Å². The van der Waals surface area contributed by atoms with Gasteiger partial charge in [0.1, 0.15) is 12.4 Å². The van der Waals surface area contributed by atoms with E-state index >= 15 is 0 Å². The number of hydrogen-bond acceptors (Lipinski definition) is 5. The predicted molar refractivity (Wildman–Crippen MR) is 102 cm³/mol. The van der Waals surface area contributed by atoms with Crippen molar-refractivity contribution in [1.82, 2.24) is 5.32 Å². The topological polar surface area (TPSA) is 87.7 Å². The van der Waals surface area contributed by atoms with Crippen LogP contribution >= 0.6 is 0 Å². The number of ether oxygens (including phenoxy) is 1. The van der Waals surface area contributed by atoms with Gasteiger partial charge in [0.05, 0.1) is 12.4 Å². The second kappa shape index (κ2) is 10.8. The van der Waals surface area contributed by atoms with E-state index in [1.807, 2.05) is 30.3 Å². The Morgan fingerprint density at radius 1 is 1.08 bits per heavy atom. The zero-order valence-electron chi connectivity index (χ0n) is 13.5. The van der Waals surface area contributed by atoms with Gasteiger partial charge in [-0.1, -0.05) is 30.3 Å². The van der Waals surface area contributed by atoms with Gasteiger partial charge in [-0.25, -0.2) is 8.42 Å². The summed E-state index contributed by atoms with van der Waals surface area (Å²) in [5.74, 6) is 0.814. The maximum absolute atomic E-state index is 11.1. The first-order valence-electron chi connectivity index (χ1n) is 7.58. The molecule has 0 saturated heterocycles. The molecule has 0 aliphatic rings. The van der Waals surface area contributed by atoms with Crippen LogP contribution in [0.5, 0.6) is 5.75 Å². The van der Waals surface area contributed by atoms with E-state index in [4.69, 9.17) is 4.74 Å². The number of anilines is 1. The van der Waals surface area contributed by atoms with Gasteiger partial charge in [-0.3, -0.25) is 4.72 Å². The molecule has 0 bridgehead atoms. The number of sulfonamides is 1. The van der Waals surface area contributed by atoms with Crippen molar-refractivity contribution in [3.8, 4) is 5.75 Å². The summed E-state index contributed by atoms with van der Waals surface area (Å²) in [7, 11) is -3.29. The molecule has 0 spiro atoms. The number of aliphatic hydroxyl groups is 1. The van der Waals surface area contributed by atoms with E-state index in [1.54, 1.807) is 24.3 Å². The van der Waals surface area contributed by atoms with Gasteiger partial charge in [0.25, 0.3) is 0 Å². The molecule has 1 atom stereocenters. The Bertz CT molecular complexity index is 724. The van der Waals surface area contributed by atoms with E-state index in [1.165, 1.54) is 0 Å². The van der Waals surface area contributed by atoms with Crippen molar-refractivity contribution in [2.45, 2.75) is 6.10 Å². The molecule has 25 heavy (non-hydrogen) atoms. The number of nitrogens with one attached hydrogen (secondary N) is 2. The van der Waals surface area contributed by atoms with Gasteiger partial charge in [0, 0.05) is 18.8 Å². The van der Waals surface area contributed by atoms with Gasteiger partial charge in [-0.05, 0) is 29.8 Å². The fourth-order valence-electron chi connectivity index (χ4n) is 2.10. The van der Waals surface area contributed by atoms with Crippen LogP contribution in [0.25, 0.3) is 0 Å². The average molecular weight is 374 g/mol. The zero-order valence-corrected chi connectivity index (χ0v) is 14.3. The summed E-state index contributed by atoms with van der Waals surface area (Å²) in [6.45, 7) is 1.50. The molecule has 132 valence electrons. The molecular weight excluding hydrogens is 351 g/mol. The molecule has 0 aliphatic carbocycles. The van der Waals surface area contributed by atoms with Gasteiger partial charge in [0.2, 0.25) is 10.0 Å². The van der Waals surface area contributed by atoms with Crippen LogP contribution in [0.2, 0.25) is 0 Å². The number of aliphatic hydroxyl groups excluding tert-OH is 1. The van der Waals surface area contributed by atoms with Crippen LogP contribution in [0, 0.1) is 0 Å². The van der Waals surface area contributed by atoms with Gasteiger partial charge < -0.3 is 15.2 Å². The quantitative estimate of drug-likeness (QED) is 0.452. The molecule has 2 rings (SSSR count). The summed E-state index contributed by atoms with van der Waals surface area (Å²) in [4.78, 5) is 0. The number of rotatable bonds is 9. The van der Waals surface area contributed by atoms with Crippen molar-refractivity contribution in [3.05, 3.63) is 60.2 Å². The van der Waals surface area contributed by atoms with Crippen molar-refractivity contribution in [3.63, 3.8) is 0 Å². The third-order valence-electron chi connectivity index (χ3n) is 3.23. The van der Waals surface area contributed by atoms with Crippen LogP contribution < -0.4 is 14.8 Å². The third kappa shape index (κ3) is 8.71. The minimum absolute atomic E-state index is 0. The monoisotopic (exact) mass is 374 g/mol. The molecule has 0 amide bonds. The van der Waals surface area contributed by atoms with Crippen LogP contribution in [0.3, 0.4) is 0 Å². The molecule has 8 heteroatoms. The fourth-order valence-corrected chi connectivity index (χ4v) is 2.67. The van der Waals surface area contributed by atoms with E-state index < -0.39 is 16.1 Å². The molecule has 3 N–H and O–H groups in total. The van der Waals surface area contributed by atoms with Crippen LogP contribution in [-0.2, 0) is 10.0 Å². The Hall–Kier alpha value is -1.09. The summed E-state index contributed by atoms with van der Waals surface area (Å²) < 4.78 is 30.2. The molecule has 2 aromatic rings. The normalized spacial score (nSPS) is 12.1. The van der Waals surface area contributed by atoms with Gasteiger partial charge in [-0.15, -0.1) is 0 Å². The van der Waals surface area contributed by atoms with Gasteiger partial charge >= 0.3 is 29.6 Å². The molecule has 0 radical (unpaired) electrons. The van der Waals surface area contributed by atoms with E-state index in [2.05, 4.69) is 10.0 Å². The van der Waals surface area contributed by atoms with Gasteiger partial charge in [-0.2, -0.15) is 0 Å². The van der Waals surface area contributed by atoms with Crippen molar-refractivity contribution >= 4 is 45.3 Å². The Morgan fingerprint density at radius 2 is 1.72 bits per heavy atom. The molecular formula is C17H23N2NaO4S. The molecule has 0 saturated carbocycles. The number of benzene rings is 2. The molecule has 0 aliphatic heterocycles. The summed E-state index contributed by atoms with van der Waals surface area (Å²) in [5, 5.41) is 13.2. The van der Waals surface area contributed by atoms with Crippen LogP contribution in [-0.4, -0.2) is 69.0 Å². The first-order valence-corrected chi connectivity index (χ1v) is 9.47. The molecule has 6 nitrogen and oxygen atoms in total. The minimum atomic E-state index is -3.29. The Balaban J connectivity index is 0.00000312. The number of para-hydroxylation sites is 1. The Kier molecular flexibility index (Phi) is 9.48. The number of hydrogen-bond donors (Lipinski definition) is 3. The Labute approximate surface area is 170 Å². The first-order chi connectivity index (χ1) is 11.4. The van der Waals surface area contributed by atoms with Gasteiger partial charge in [0.15, 0.2) is 0 Å². The molecule has 0 heterocycles. The standard InChI is InChI=1S/C17H22N2O4S.Na.H/c1-24(21,22)19-15-9-7-14(8-10-15)17(20)13-18-11-12-23-16-5-3-2-4-6-16;;/h2-10,17-20H,11-13H2,1H3;;. The van der Waals surface area contributed by atoms with Crippen LogP contribution in [0.1, 0.15) is 11.7 Å². The SMILES string of the molecule is CS(=O)(=O)Nc1ccc(C(O)CNCCOc2ccccc2)cc1.[NaH]. The van der Waals surface area contributed by atoms with Crippen molar-refractivity contribution in [2.24, 2.45) is 0 Å². The summed E-state index contributed by atoms with van der Waals surface area (Å²) in [6.07, 6.45) is 0.422. The zero-order chi connectivity index (χ0) is 17.4. The van der Waals surface area contributed by atoms with Crippen LogP contribution in [0.15, 0.2) is 54.6 Å². The third-order valence-corrected chi connectivity index (χ3v) is 3.83. The molecule has 1 unspecified atom stereocenters. The first kappa shape index (κ1) is 22.0. The van der Waals surface area contributed by atoms with Crippen molar-refractivity contribution in [2.75, 3.05) is 30.7 Å². The fraction of sp³-hybridized carbons (Fsp3) is 0.294. The molecule has 2 aromatic carbocycles. The van der Waals surface area contributed by atoms with E-state index in [9.17, 15) is 13.5 Å². The summed E-state index contributed by atoms with van der Waals surface area (Å²) in [5.41, 5.74) is 1.18. The summed E-state index contributed by atoms with van der Waals surface area (Å²) in [6, 6.07) is 16.2. The second-order valence-electron chi connectivity index (χ2n) is 5.38. The van der Waals surface area contributed by atoms with E-state index in [0.29, 0.717) is 30.9 Å². The predicted octanol–water partition coefficient (Wildman–Crippen LogP) is 1.11. The van der Waals surface area contributed by atoms with Crippen LogP contribution in [0.4, 0.5) is 5.69 Å². The Morgan fingerprint density at radius 3 is 2.32 bits per heavy atom. The molecule has 0 fully saturated rings.